The largest absolute Gasteiger partial charge is 0.317 e. The summed E-state index contributed by atoms with van der Waals surface area (Å²) in [6.45, 7) is 1.12. The van der Waals surface area contributed by atoms with E-state index in [1.165, 1.54) is 0 Å². The maximum atomic E-state index is 12.4. The van der Waals surface area contributed by atoms with Crippen LogP contribution in [0, 0.1) is 11.3 Å². The third-order valence-electron chi connectivity index (χ3n) is 3.66. The van der Waals surface area contributed by atoms with Gasteiger partial charge in [0, 0.05) is 19.1 Å². The Morgan fingerprint density at radius 2 is 2.10 bits per heavy atom. The van der Waals surface area contributed by atoms with E-state index in [1.54, 1.807) is 28.6 Å². The summed E-state index contributed by atoms with van der Waals surface area (Å²) in [6, 6.07) is 9.21. The number of benzene rings is 1. The minimum absolute atomic E-state index is 0.0350. The first-order chi connectivity index (χ1) is 9.55. The van der Waals surface area contributed by atoms with Crippen molar-refractivity contribution in [3.05, 3.63) is 35.4 Å². The zero-order valence-corrected chi connectivity index (χ0v) is 12.4. The molecule has 1 fully saturated rings. The topological polar surface area (TPSA) is 73.2 Å². The molecule has 20 heavy (non-hydrogen) atoms. The van der Waals surface area contributed by atoms with Crippen LogP contribution in [0.4, 0.5) is 0 Å². The fourth-order valence-electron chi connectivity index (χ4n) is 2.46. The highest BCUT2D eigenvalue weighted by molar-refractivity contribution is 7.88. The van der Waals surface area contributed by atoms with Gasteiger partial charge in [-0.05, 0) is 37.6 Å². The molecule has 0 unspecified atom stereocenters. The zero-order valence-electron chi connectivity index (χ0n) is 11.5. The SMILES string of the molecule is CNC1CCN(S(=O)(=O)Cc2cccc(C#N)c2)CC1. The standard InChI is InChI=1S/C14H19N3O2S/c1-16-14-5-7-17(8-6-14)20(18,19)11-13-4-2-3-12(9-13)10-15/h2-4,9,14,16H,5-8,11H2,1H3. The Morgan fingerprint density at radius 1 is 1.40 bits per heavy atom. The van der Waals surface area contributed by atoms with Crippen LogP contribution in [0.1, 0.15) is 24.0 Å². The van der Waals surface area contributed by atoms with Crippen LogP contribution >= 0.6 is 0 Å². The molecule has 2 rings (SSSR count). The van der Waals surface area contributed by atoms with Gasteiger partial charge in [-0.25, -0.2) is 12.7 Å². The van der Waals surface area contributed by atoms with Crippen molar-refractivity contribution < 1.29 is 8.42 Å². The van der Waals surface area contributed by atoms with Crippen LogP contribution in [0.2, 0.25) is 0 Å². The van der Waals surface area contributed by atoms with E-state index in [2.05, 4.69) is 5.32 Å². The average molecular weight is 293 g/mol. The lowest BCUT2D eigenvalue weighted by molar-refractivity contribution is 0.298. The Kier molecular flexibility index (Phi) is 4.76. The van der Waals surface area contributed by atoms with E-state index >= 15 is 0 Å². The molecule has 1 aromatic carbocycles. The van der Waals surface area contributed by atoms with Crippen molar-refractivity contribution in [3.63, 3.8) is 0 Å². The molecular weight excluding hydrogens is 274 g/mol. The summed E-state index contributed by atoms with van der Waals surface area (Å²) in [7, 11) is -1.39. The van der Waals surface area contributed by atoms with Gasteiger partial charge >= 0.3 is 0 Å². The fourth-order valence-corrected chi connectivity index (χ4v) is 4.01. The van der Waals surface area contributed by atoms with Gasteiger partial charge in [-0.3, -0.25) is 0 Å². The van der Waals surface area contributed by atoms with Crippen LogP contribution in [-0.4, -0.2) is 38.9 Å². The van der Waals surface area contributed by atoms with Gasteiger partial charge < -0.3 is 5.32 Å². The molecule has 0 saturated carbocycles. The summed E-state index contributed by atoms with van der Waals surface area (Å²) in [5.41, 5.74) is 1.16. The second-order valence-electron chi connectivity index (χ2n) is 5.03. The molecule has 1 aliphatic rings. The second kappa shape index (κ2) is 6.35. The Morgan fingerprint density at radius 3 is 2.70 bits per heavy atom. The second-order valence-corrected chi connectivity index (χ2v) is 7.00. The molecule has 0 spiro atoms. The van der Waals surface area contributed by atoms with Crippen molar-refractivity contribution in [2.45, 2.75) is 24.6 Å². The van der Waals surface area contributed by atoms with Gasteiger partial charge in [-0.15, -0.1) is 0 Å². The third kappa shape index (κ3) is 3.57. The monoisotopic (exact) mass is 293 g/mol. The Labute approximate surface area is 120 Å². The Bertz CT molecular complexity index is 599. The summed E-state index contributed by atoms with van der Waals surface area (Å²) < 4.78 is 26.3. The quantitative estimate of drug-likeness (QED) is 0.901. The summed E-state index contributed by atoms with van der Waals surface area (Å²) >= 11 is 0. The van der Waals surface area contributed by atoms with E-state index in [0.29, 0.717) is 30.3 Å². The van der Waals surface area contributed by atoms with E-state index in [0.717, 1.165) is 12.8 Å². The normalized spacial score (nSPS) is 17.8. The maximum absolute atomic E-state index is 12.4. The Balaban J connectivity index is 2.06. The van der Waals surface area contributed by atoms with Crippen LogP contribution < -0.4 is 5.32 Å². The van der Waals surface area contributed by atoms with Gasteiger partial charge in [0.2, 0.25) is 10.0 Å². The molecule has 0 bridgehead atoms. The lowest BCUT2D eigenvalue weighted by Crippen LogP contribution is -2.44. The van der Waals surface area contributed by atoms with Crippen LogP contribution in [0.3, 0.4) is 0 Å². The molecule has 6 heteroatoms. The lowest BCUT2D eigenvalue weighted by atomic mass is 10.1. The van der Waals surface area contributed by atoms with Gasteiger partial charge in [0.1, 0.15) is 0 Å². The van der Waals surface area contributed by atoms with E-state index in [1.807, 2.05) is 13.1 Å². The summed E-state index contributed by atoms with van der Waals surface area (Å²) in [5.74, 6) is -0.0350. The number of hydrogen-bond acceptors (Lipinski definition) is 4. The molecule has 1 aromatic rings. The molecule has 5 nitrogen and oxygen atoms in total. The molecule has 1 saturated heterocycles. The molecule has 0 aliphatic carbocycles. The molecule has 108 valence electrons. The van der Waals surface area contributed by atoms with Gasteiger partial charge in [0.25, 0.3) is 0 Å². The van der Waals surface area contributed by atoms with Crippen molar-refractivity contribution in [1.29, 1.82) is 5.26 Å². The van der Waals surface area contributed by atoms with Gasteiger partial charge in [0.15, 0.2) is 0 Å². The Hall–Kier alpha value is -1.42. The van der Waals surface area contributed by atoms with Crippen LogP contribution in [-0.2, 0) is 15.8 Å². The van der Waals surface area contributed by atoms with Crippen LogP contribution in [0.15, 0.2) is 24.3 Å². The zero-order chi connectivity index (χ0) is 14.6. The van der Waals surface area contributed by atoms with E-state index in [9.17, 15) is 8.42 Å². The van der Waals surface area contributed by atoms with Crippen molar-refractivity contribution in [2.24, 2.45) is 0 Å². The fraction of sp³-hybridized carbons (Fsp3) is 0.500. The first-order valence-corrected chi connectivity index (χ1v) is 8.30. The van der Waals surface area contributed by atoms with Crippen LogP contribution in [0.25, 0.3) is 0 Å². The van der Waals surface area contributed by atoms with Crippen molar-refractivity contribution in [2.75, 3.05) is 20.1 Å². The molecule has 0 aromatic heterocycles. The molecule has 0 amide bonds. The first-order valence-electron chi connectivity index (χ1n) is 6.69. The van der Waals surface area contributed by atoms with Crippen molar-refractivity contribution in [3.8, 4) is 6.07 Å². The number of rotatable bonds is 4. The molecular formula is C14H19N3O2S. The smallest absolute Gasteiger partial charge is 0.218 e. The number of sulfonamides is 1. The maximum Gasteiger partial charge on any atom is 0.218 e. The molecule has 0 radical (unpaired) electrons. The lowest BCUT2D eigenvalue weighted by Gasteiger charge is -2.31. The number of nitriles is 1. The van der Waals surface area contributed by atoms with Gasteiger partial charge in [-0.2, -0.15) is 5.26 Å². The molecule has 1 aliphatic heterocycles. The number of piperidine rings is 1. The van der Waals surface area contributed by atoms with E-state index in [-0.39, 0.29) is 5.75 Å². The van der Waals surface area contributed by atoms with Crippen molar-refractivity contribution in [1.82, 2.24) is 9.62 Å². The highest BCUT2D eigenvalue weighted by Crippen LogP contribution is 2.18. The minimum atomic E-state index is -3.30. The van der Waals surface area contributed by atoms with Gasteiger partial charge in [-0.1, -0.05) is 12.1 Å². The minimum Gasteiger partial charge on any atom is -0.317 e. The van der Waals surface area contributed by atoms with E-state index in [4.69, 9.17) is 5.26 Å². The summed E-state index contributed by atoms with van der Waals surface area (Å²) in [5, 5.41) is 12.0. The number of nitrogens with one attached hydrogen (secondary N) is 1. The predicted octanol–water partition coefficient (Wildman–Crippen LogP) is 1.07. The summed E-state index contributed by atoms with van der Waals surface area (Å²) in [4.78, 5) is 0. The number of nitrogens with zero attached hydrogens (tertiary/aromatic N) is 2. The molecule has 1 heterocycles. The molecule has 0 atom stereocenters. The van der Waals surface area contributed by atoms with Crippen molar-refractivity contribution >= 4 is 10.0 Å². The highest BCUT2D eigenvalue weighted by Gasteiger charge is 2.27. The van der Waals surface area contributed by atoms with Gasteiger partial charge in [0.05, 0.1) is 17.4 Å². The van der Waals surface area contributed by atoms with E-state index < -0.39 is 10.0 Å². The number of hydrogen-bond donors (Lipinski definition) is 1. The first kappa shape index (κ1) is 15.0. The average Bonchev–Trinajstić information content (AvgIpc) is 2.47. The predicted molar refractivity (Wildman–Crippen MR) is 77.4 cm³/mol. The van der Waals surface area contributed by atoms with Crippen LogP contribution in [0.5, 0.6) is 0 Å². The highest BCUT2D eigenvalue weighted by atomic mass is 32.2. The molecule has 1 N–H and O–H groups in total. The summed E-state index contributed by atoms with van der Waals surface area (Å²) in [6.07, 6.45) is 1.68. The third-order valence-corrected chi connectivity index (χ3v) is 5.51.